The molecule has 0 radical (unpaired) electrons. The molecule has 2 nitrogen and oxygen atoms in total. The zero-order chi connectivity index (χ0) is 11.3. The van der Waals surface area contributed by atoms with E-state index in [1.54, 1.807) is 11.8 Å². The molecule has 0 aromatic heterocycles. The zero-order valence-corrected chi connectivity index (χ0v) is 10.4. The largest absolute Gasteiger partial charge is 0.476 e. The number of hydrogen-bond acceptors (Lipinski definition) is 3. The lowest BCUT2D eigenvalue weighted by atomic mass is 9.96. The minimum atomic E-state index is -0.310. The topological polar surface area (TPSA) is 35.2 Å². The van der Waals surface area contributed by atoms with E-state index in [4.69, 9.17) is 10.5 Å². The summed E-state index contributed by atoms with van der Waals surface area (Å²) in [6.07, 6.45) is 0. The molecule has 0 unspecified atom stereocenters. The van der Waals surface area contributed by atoms with Crippen molar-refractivity contribution >= 4 is 11.8 Å². The van der Waals surface area contributed by atoms with Crippen molar-refractivity contribution in [3.05, 3.63) is 23.8 Å². The predicted octanol–water partition coefficient (Wildman–Crippen LogP) is 3.10. The number of benzene rings is 1. The molecule has 0 atom stereocenters. The molecule has 0 spiro atoms. The van der Waals surface area contributed by atoms with Crippen molar-refractivity contribution in [3.8, 4) is 5.75 Å². The summed E-state index contributed by atoms with van der Waals surface area (Å²) in [5.41, 5.74) is 6.86. The Morgan fingerprint density at radius 1 is 1.33 bits per heavy atom. The molecule has 0 aliphatic carbocycles. The molecule has 1 aromatic carbocycles. The second kappa shape index (κ2) is 3.16. The lowest BCUT2D eigenvalue weighted by Crippen LogP contribution is -2.28. The Hall–Kier alpha value is -0.670. The van der Waals surface area contributed by atoms with Crippen molar-refractivity contribution < 1.29 is 4.74 Å². The van der Waals surface area contributed by atoms with Gasteiger partial charge in [-0.1, -0.05) is 17.8 Å². The van der Waals surface area contributed by atoms with Crippen molar-refractivity contribution in [2.24, 2.45) is 5.73 Å². The Bertz CT molecular complexity index is 393. The molecule has 0 bridgehead atoms. The van der Waals surface area contributed by atoms with Gasteiger partial charge in [-0.2, -0.15) is 0 Å². The lowest BCUT2D eigenvalue weighted by molar-refractivity contribution is 0.214. The molecule has 82 valence electrons. The highest BCUT2D eigenvalue weighted by Gasteiger charge is 2.31. The molecular formula is C12H17NOS. The van der Waals surface area contributed by atoms with E-state index in [2.05, 4.69) is 32.0 Å². The second-order valence-corrected chi connectivity index (χ2v) is 6.61. The first-order chi connectivity index (χ1) is 6.78. The van der Waals surface area contributed by atoms with Gasteiger partial charge in [0.15, 0.2) is 4.93 Å². The van der Waals surface area contributed by atoms with Crippen LogP contribution in [0.4, 0.5) is 0 Å². The molecule has 0 fully saturated rings. The van der Waals surface area contributed by atoms with Crippen LogP contribution >= 0.6 is 11.8 Å². The molecule has 1 aliphatic heterocycles. The number of hydrogen-bond donors (Lipinski definition) is 1. The van der Waals surface area contributed by atoms with Gasteiger partial charge in [-0.05, 0) is 45.4 Å². The molecule has 1 aromatic rings. The van der Waals surface area contributed by atoms with Crippen molar-refractivity contribution in [2.75, 3.05) is 0 Å². The molecule has 1 aliphatic rings. The van der Waals surface area contributed by atoms with Crippen LogP contribution in [0.25, 0.3) is 0 Å². The fraction of sp³-hybridized carbons (Fsp3) is 0.500. The highest BCUT2D eigenvalue weighted by atomic mass is 32.2. The normalized spacial score (nSPS) is 18.5. The smallest absolute Gasteiger partial charge is 0.153 e. The van der Waals surface area contributed by atoms with Crippen LogP contribution in [0.15, 0.2) is 23.1 Å². The number of ether oxygens (including phenoxy) is 1. The van der Waals surface area contributed by atoms with Crippen molar-refractivity contribution in [1.29, 1.82) is 0 Å². The third-order valence-corrected chi connectivity index (χ3v) is 3.53. The quantitative estimate of drug-likeness (QED) is 0.794. The van der Waals surface area contributed by atoms with Crippen LogP contribution in [0, 0.1) is 0 Å². The van der Waals surface area contributed by atoms with E-state index in [-0.39, 0.29) is 10.5 Å². The predicted molar refractivity (Wildman–Crippen MR) is 64.2 cm³/mol. The summed E-state index contributed by atoms with van der Waals surface area (Å²) < 4.78 is 5.84. The van der Waals surface area contributed by atoms with Gasteiger partial charge in [-0.25, -0.2) is 0 Å². The van der Waals surface area contributed by atoms with E-state index in [1.165, 1.54) is 4.90 Å². The van der Waals surface area contributed by atoms with Crippen LogP contribution < -0.4 is 10.5 Å². The molecule has 15 heavy (non-hydrogen) atoms. The Kier molecular flexibility index (Phi) is 2.28. The summed E-state index contributed by atoms with van der Waals surface area (Å²) in [5.74, 6) is 0.959. The van der Waals surface area contributed by atoms with Crippen molar-refractivity contribution in [1.82, 2.24) is 0 Å². The third-order valence-electron chi connectivity index (χ3n) is 2.40. The average molecular weight is 223 g/mol. The van der Waals surface area contributed by atoms with Crippen LogP contribution in [-0.4, -0.2) is 4.93 Å². The number of fused-ring (bicyclic) bond motifs is 1. The summed E-state index contributed by atoms with van der Waals surface area (Å²) in [6.45, 7) is 8.15. The van der Waals surface area contributed by atoms with Crippen LogP contribution in [0.2, 0.25) is 0 Å². The van der Waals surface area contributed by atoms with Gasteiger partial charge in [0, 0.05) is 5.54 Å². The Morgan fingerprint density at radius 3 is 2.60 bits per heavy atom. The first kappa shape index (κ1) is 10.8. The van der Waals surface area contributed by atoms with Gasteiger partial charge in [-0.3, -0.25) is 0 Å². The van der Waals surface area contributed by atoms with Gasteiger partial charge < -0.3 is 10.5 Å². The number of nitrogens with two attached hydrogens (primary N) is 1. The standard InChI is InChI=1S/C12H17NOS/c1-11(2,13)8-5-6-10-9(7-8)14-12(3,4)15-10/h5-7H,13H2,1-4H3. The monoisotopic (exact) mass is 223 g/mol. The Balaban J connectivity index is 2.39. The van der Waals surface area contributed by atoms with Gasteiger partial charge in [0.1, 0.15) is 5.75 Å². The van der Waals surface area contributed by atoms with E-state index >= 15 is 0 Å². The molecule has 2 rings (SSSR count). The Morgan fingerprint density at radius 2 is 2.00 bits per heavy atom. The first-order valence-electron chi connectivity index (χ1n) is 5.09. The maximum absolute atomic E-state index is 6.06. The summed E-state index contributed by atoms with van der Waals surface area (Å²) >= 11 is 1.75. The van der Waals surface area contributed by atoms with Gasteiger partial charge in [0.25, 0.3) is 0 Å². The minimum absolute atomic E-state index is 0.153. The van der Waals surface area contributed by atoms with E-state index in [1.807, 2.05) is 13.8 Å². The average Bonchev–Trinajstić information content (AvgIpc) is 2.34. The van der Waals surface area contributed by atoms with E-state index < -0.39 is 0 Å². The second-order valence-electron chi connectivity index (χ2n) is 4.99. The van der Waals surface area contributed by atoms with Gasteiger partial charge in [-0.15, -0.1) is 0 Å². The Labute approximate surface area is 95.2 Å². The molecule has 3 heteroatoms. The highest BCUT2D eigenvalue weighted by Crippen LogP contribution is 2.47. The van der Waals surface area contributed by atoms with E-state index in [0.29, 0.717) is 0 Å². The molecule has 0 saturated heterocycles. The first-order valence-corrected chi connectivity index (χ1v) is 5.91. The maximum Gasteiger partial charge on any atom is 0.153 e. The summed E-state index contributed by atoms with van der Waals surface area (Å²) in [5, 5.41) is 0. The summed E-state index contributed by atoms with van der Waals surface area (Å²) in [7, 11) is 0. The van der Waals surface area contributed by atoms with E-state index in [0.717, 1.165) is 11.3 Å². The molecular weight excluding hydrogens is 206 g/mol. The van der Waals surface area contributed by atoms with Crippen LogP contribution in [0.3, 0.4) is 0 Å². The molecule has 2 N–H and O–H groups in total. The van der Waals surface area contributed by atoms with Crippen molar-refractivity contribution in [2.45, 2.75) is 43.1 Å². The third kappa shape index (κ3) is 2.13. The van der Waals surface area contributed by atoms with Crippen LogP contribution in [0.5, 0.6) is 5.75 Å². The molecule has 1 heterocycles. The minimum Gasteiger partial charge on any atom is -0.476 e. The zero-order valence-electron chi connectivity index (χ0n) is 9.63. The number of rotatable bonds is 1. The van der Waals surface area contributed by atoms with Crippen LogP contribution in [-0.2, 0) is 5.54 Å². The fourth-order valence-corrected chi connectivity index (χ4v) is 2.62. The summed E-state index contributed by atoms with van der Waals surface area (Å²) in [4.78, 5) is 1.05. The van der Waals surface area contributed by atoms with Gasteiger partial charge >= 0.3 is 0 Å². The summed E-state index contributed by atoms with van der Waals surface area (Å²) in [6, 6.07) is 6.23. The lowest BCUT2D eigenvalue weighted by Gasteiger charge is -2.20. The van der Waals surface area contributed by atoms with Gasteiger partial charge in [0.2, 0.25) is 0 Å². The SMILES string of the molecule is CC1(C)Oc2cc(C(C)(C)N)ccc2S1. The molecule has 0 amide bonds. The maximum atomic E-state index is 6.06. The van der Waals surface area contributed by atoms with Crippen LogP contribution in [0.1, 0.15) is 33.3 Å². The van der Waals surface area contributed by atoms with Crippen molar-refractivity contribution in [3.63, 3.8) is 0 Å². The number of thioether (sulfide) groups is 1. The van der Waals surface area contributed by atoms with Gasteiger partial charge in [0.05, 0.1) is 4.90 Å². The van der Waals surface area contributed by atoms with E-state index in [9.17, 15) is 0 Å². The highest BCUT2D eigenvalue weighted by molar-refractivity contribution is 8.00. The molecule has 0 saturated carbocycles. The fourth-order valence-electron chi connectivity index (χ4n) is 1.62.